The summed E-state index contributed by atoms with van der Waals surface area (Å²) in [7, 11) is 1.29. The molecule has 0 radical (unpaired) electrons. The van der Waals surface area contributed by atoms with Gasteiger partial charge in [0.2, 0.25) is 0 Å². The van der Waals surface area contributed by atoms with Crippen LogP contribution in [0.4, 0.5) is 10.5 Å². The number of rotatable bonds is 4. The van der Waals surface area contributed by atoms with Crippen LogP contribution >= 0.6 is 15.9 Å². The van der Waals surface area contributed by atoms with Gasteiger partial charge in [-0.15, -0.1) is 0 Å². The smallest absolute Gasteiger partial charge is 0.339 e. The predicted molar refractivity (Wildman–Crippen MR) is 93.1 cm³/mol. The highest BCUT2D eigenvalue weighted by Gasteiger charge is 2.12. The minimum absolute atomic E-state index is 0.293. The highest BCUT2D eigenvalue weighted by molar-refractivity contribution is 9.10. The molecule has 0 aliphatic rings. The second kappa shape index (κ2) is 8.14. The fourth-order valence-electron chi connectivity index (χ4n) is 1.86. The van der Waals surface area contributed by atoms with Crippen LogP contribution < -0.4 is 10.6 Å². The fraction of sp³-hybridized carbons (Fsp3) is 0.0588. The van der Waals surface area contributed by atoms with E-state index in [1.54, 1.807) is 30.3 Å². The van der Waals surface area contributed by atoms with Crippen LogP contribution in [-0.4, -0.2) is 19.1 Å². The molecular formula is C17H15BrN2O3. The Balaban J connectivity index is 1.99. The molecule has 0 unspecified atom stereocenters. The summed E-state index contributed by atoms with van der Waals surface area (Å²) in [6, 6.07) is 13.8. The zero-order chi connectivity index (χ0) is 16.7. The molecule has 2 aromatic rings. The molecule has 0 saturated heterocycles. The van der Waals surface area contributed by atoms with Crippen LogP contribution in [0.25, 0.3) is 6.08 Å². The van der Waals surface area contributed by atoms with Crippen LogP contribution in [0.3, 0.4) is 0 Å². The lowest BCUT2D eigenvalue weighted by atomic mass is 10.2. The van der Waals surface area contributed by atoms with E-state index >= 15 is 0 Å². The van der Waals surface area contributed by atoms with Gasteiger partial charge in [0, 0.05) is 10.7 Å². The normalized spacial score (nSPS) is 10.3. The average molecular weight is 375 g/mol. The van der Waals surface area contributed by atoms with E-state index in [-0.39, 0.29) is 0 Å². The molecule has 2 aromatic carbocycles. The first-order valence-corrected chi connectivity index (χ1v) is 7.56. The van der Waals surface area contributed by atoms with Crippen molar-refractivity contribution in [2.24, 2.45) is 0 Å². The molecule has 0 aliphatic carbocycles. The number of hydrogen-bond acceptors (Lipinski definition) is 3. The zero-order valence-corrected chi connectivity index (χ0v) is 14.0. The largest absolute Gasteiger partial charge is 0.465 e. The van der Waals surface area contributed by atoms with Crippen LogP contribution in [0.15, 0.2) is 59.2 Å². The lowest BCUT2D eigenvalue weighted by molar-refractivity contribution is 0.0602. The number of urea groups is 1. The third kappa shape index (κ3) is 4.96. The third-order valence-electron chi connectivity index (χ3n) is 2.92. The van der Waals surface area contributed by atoms with E-state index in [4.69, 9.17) is 0 Å². The van der Waals surface area contributed by atoms with Crippen LogP contribution in [0.2, 0.25) is 0 Å². The minimum atomic E-state index is -0.509. The highest BCUT2D eigenvalue weighted by Crippen LogP contribution is 2.16. The predicted octanol–water partition coefficient (Wildman–Crippen LogP) is 4.03. The number of carbonyl (C=O) groups excluding carboxylic acids is 2. The van der Waals surface area contributed by atoms with Crippen molar-refractivity contribution in [3.05, 3.63) is 70.3 Å². The third-order valence-corrected chi connectivity index (χ3v) is 3.41. The Labute approximate surface area is 142 Å². The second-order valence-electron chi connectivity index (χ2n) is 4.52. The molecule has 0 aliphatic heterocycles. The topological polar surface area (TPSA) is 67.4 Å². The maximum atomic E-state index is 11.9. The molecule has 0 fully saturated rings. The molecule has 2 amide bonds. The number of esters is 1. The first-order valence-electron chi connectivity index (χ1n) is 6.77. The zero-order valence-electron chi connectivity index (χ0n) is 12.4. The molecule has 0 spiro atoms. The van der Waals surface area contributed by atoms with Gasteiger partial charge in [-0.05, 0) is 35.9 Å². The van der Waals surface area contributed by atoms with Crippen molar-refractivity contribution in [2.75, 3.05) is 12.4 Å². The Morgan fingerprint density at radius 2 is 1.91 bits per heavy atom. The van der Waals surface area contributed by atoms with E-state index in [2.05, 4.69) is 31.3 Å². The highest BCUT2D eigenvalue weighted by atomic mass is 79.9. The van der Waals surface area contributed by atoms with Crippen LogP contribution in [-0.2, 0) is 4.74 Å². The van der Waals surface area contributed by atoms with Crippen LogP contribution in [0.5, 0.6) is 0 Å². The number of methoxy groups -OCH3 is 1. The molecule has 6 heteroatoms. The van der Waals surface area contributed by atoms with Gasteiger partial charge in [-0.2, -0.15) is 0 Å². The standard InChI is InChI=1S/C17H15BrN2O3/c1-23-16(21)14-7-2-3-8-15(14)20-17(22)19-10-9-12-5-4-6-13(18)11-12/h2-11H,1H3,(H2,19,20,22)/b10-9+. The Hall–Kier alpha value is -2.60. The Bertz CT molecular complexity index is 744. The average Bonchev–Trinajstić information content (AvgIpc) is 2.55. The number of benzene rings is 2. The fourth-order valence-corrected chi connectivity index (χ4v) is 2.28. The molecule has 0 saturated carbocycles. The van der Waals surface area contributed by atoms with E-state index in [9.17, 15) is 9.59 Å². The molecule has 0 aromatic heterocycles. The Morgan fingerprint density at radius 1 is 1.13 bits per heavy atom. The van der Waals surface area contributed by atoms with Gasteiger partial charge in [0.05, 0.1) is 18.4 Å². The quantitative estimate of drug-likeness (QED) is 0.793. The summed E-state index contributed by atoms with van der Waals surface area (Å²) in [4.78, 5) is 23.5. The maximum absolute atomic E-state index is 11.9. The van der Waals surface area contributed by atoms with E-state index < -0.39 is 12.0 Å². The molecule has 2 N–H and O–H groups in total. The number of nitrogens with one attached hydrogen (secondary N) is 2. The number of halogens is 1. The molecule has 118 valence electrons. The Morgan fingerprint density at radius 3 is 2.65 bits per heavy atom. The van der Waals surface area contributed by atoms with Gasteiger partial charge < -0.3 is 15.4 Å². The molecule has 23 heavy (non-hydrogen) atoms. The lowest BCUT2D eigenvalue weighted by Gasteiger charge is -2.09. The van der Waals surface area contributed by atoms with Crippen molar-refractivity contribution in [2.45, 2.75) is 0 Å². The second-order valence-corrected chi connectivity index (χ2v) is 5.44. The summed E-state index contributed by atoms with van der Waals surface area (Å²) >= 11 is 3.38. The Kier molecular flexibility index (Phi) is 5.94. The van der Waals surface area contributed by atoms with E-state index in [1.165, 1.54) is 13.3 Å². The molecule has 0 atom stereocenters. The van der Waals surface area contributed by atoms with E-state index in [1.807, 2.05) is 24.3 Å². The van der Waals surface area contributed by atoms with Crippen molar-refractivity contribution < 1.29 is 14.3 Å². The first-order chi connectivity index (χ1) is 11.1. The summed E-state index contributed by atoms with van der Waals surface area (Å²) in [6.45, 7) is 0. The van der Waals surface area contributed by atoms with Crippen molar-refractivity contribution in [3.8, 4) is 0 Å². The molecular weight excluding hydrogens is 360 g/mol. The van der Waals surface area contributed by atoms with Gasteiger partial charge >= 0.3 is 12.0 Å². The van der Waals surface area contributed by atoms with Gasteiger partial charge in [-0.3, -0.25) is 0 Å². The van der Waals surface area contributed by atoms with Crippen molar-refractivity contribution >= 4 is 39.7 Å². The molecule has 2 rings (SSSR count). The number of carbonyl (C=O) groups is 2. The lowest BCUT2D eigenvalue weighted by Crippen LogP contribution is -2.25. The molecule has 0 bridgehead atoms. The van der Waals surface area contributed by atoms with E-state index in [0.717, 1.165) is 10.0 Å². The number of hydrogen-bond donors (Lipinski definition) is 2. The summed E-state index contributed by atoms with van der Waals surface area (Å²) in [5.41, 5.74) is 1.61. The maximum Gasteiger partial charge on any atom is 0.339 e. The molecule has 0 heterocycles. The number of anilines is 1. The summed E-state index contributed by atoms with van der Waals surface area (Å²) in [5.74, 6) is -0.509. The summed E-state index contributed by atoms with van der Waals surface area (Å²) in [5, 5.41) is 5.20. The summed E-state index contributed by atoms with van der Waals surface area (Å²) < 4.78 is 5.63. The number of amides is 2. The van der Waals surface area contributed by atoms with Crippen LogP contribution in [0.1, 0.15) is 15.9 Å². The van der Waals surface area contributed by atoms with Gasteiger partial charge in [0.25, 0.3) is 0 Å². The van der Waals surface area contributed by atoms with Crippen molar-refractivity contribution in [1.82, 2.24) is 5.32 Å². The van der Waals surface area contributed by atoms with Gasteiger partial charge in [0.1, 0.15) is 0 Å². The SMILES string of the molecule is COC(=O)c1ccccc1NC(=O)N/C=C/c1cccc(Br)c1. The first kappa shape index (κ1) is 16.8. The van der Waals surface area contributed by atoms with Crippen molar-refractivity contribution in [1.29, 1.82) is 0 Å². The number of ether oxygens (including phenoxy) is 1. The monoisotopic (exact) mass is 374 g/mol. The van der Waals surface area contributed by atoms with Crippen molar-refractivity contribution in [3.63, 3.8) is 0 Å². The van der Waals surface area contributed by atoms with Gasteiger partial charge in [-0.1, -0.05) is 40.2 Å². The summed E-state index contributed by atoms with van der Waals surface area (Å²) in [6.07, 6.45) is 3.29. The number of para-hydroxylation sites is 1. The van der Waals surface area contributed by atoms with E-state index in [0.29, 0.717) is 11.3 Å². The minimum Gasteiger partial charge on any atom is -0.465 e. The van der Waals surface area contributed by atoms with Gasteiger partial charge in [-0.25, -0.2) is 9.59 Å². The van der Waals surface area contributed by atoms with Crippen LogP contribution in [0, 0.1) is 0 Å². The molecule has 5 nitrogen and oxygen atoms in total. The van der Waals surface area contributed by atoms with Gasteiger partial charge in [0.15, 0.2) is 0 Å².